The number of halogens is 1. The van der Waals surface area contributed by atoms with Crippen LogP contribution in [0.2, 0.25) is 0 Å². The number of methoxy groups -OCH3 is 1. The van der Waals surface area contributed by atoms with Gasteiger partial charge in [0.05, 0.1) is 17.8 Å². The van der Waals surface area contributed by atoms with Gasteiger partial charge in [-0.1, -0.05) is 13.8 Å². The van der Waals surface area contributed by atoms with Crippen molar-refractivity contribution in [2.75, 3.05) is 38.7 Å². The molecule has 0 amide bonds. The zero-order valence-electron chi connectivity index (χ0n) is 11.4. The summed E-state index contributed by atoms with van der Waals surface area (Å²) >= 11 is 3.34. The van der Waals surface area contributed by atoms with Gasteiger partial charge in [-0.25, -0.2) is 4.98 Å². The van der Waals surface area contributed by atoms with Gasteiger partial charge < -0.3 is 15.0 Å². The van der Waals surface area contributed by atoms with Crippen LogP contribution in [0.5, 0.6) is 5.88 Å². The van der Waals surface area contributed by atoms with E-state index >= 15 is 0 Å². The molecular weight excluding hydrogens is 296 g/mol. The summed E-state index contributed by atoms with van der Waals surface area (Å²) in [6.07, 6.45) is 1.71. The highest BCUT2D eigenvalue weighted by atomic mass is 79.9. The Morgan fingerprint density at radius 3 is 2.83 bits per heavy atom. The third-order valence-electron chi connectivity index (χ3n) is 2.41. The summed E-state index contributed by atoms with van der Waals surface area (Å²) in [5.74, 6) is 1.89. The van der Waals surface area contributed by atoms with Crippen molar-refractivity contribution in [2.45, 2.75) is 13.8 Å². The summed E-state index contributed by atoms with van der Waals surface area (Å²) in [6.45, 7) is 7.19. The molecule has 0 atom stereocenters. The lowest BCUT2D eigenvalue weighted by molar-refractivity contribution is 0.394. The number of ether oxygens (including phenoxy) is 1. The maximum Gasteiger partial charge on any atom is 0.232 e. The fourth-order valence-electron chi connectivity index (χ4n) is 1.41. The average molecular weight is 317 g/mol. The summed E-state index contributed by atoms with van der Waals surface area (Å²) in [7, 11) is 3.57. The predicted molar refractivity (Wildman–Crippen MR) is 77.3 cm³/mol. The van der Waals surface area contributed by atoms with Gasteiger partial charge in [-0.2, -0.15) is 4.98 Å². The minimum absolute atomic E-state index is 0.557. The number of rotatable bonds is 7. The van der Waals surface area contributed by atoms with Crippen molar-refractivity contribution in [3.63, 3.8) is 0 Å². The van der Waals surface area contributed by atoms with E-state index < -0.39 is 0 Å². The lowest BCUT2D eigenvalue weighted by atomic mass is 10.2. The van der Waals surface area contributed by atoms with Gasteiger partial charge in [0.15, 0.2) is 0 Å². The van der Waals surface area contributed by atoms with Crippen LogP contribution >= 0.6 is 15.9 Å². The molecule has 0 aliphatic rings. The van der Waals surface area contributed by atoms with Crippen LogP contribution in [0.4, 0.5) is 5.95 Å². The second kappa shape index (κ2) is 7.53. The molecule has 0 aliphatic carbocycles. The van der Waals surface area contributed by atoms with Crippen LogP contribution in [0.3, 0.4) is 0 Å². The van der Waals surface area contributed by atoms with Crippen molar-refractivity contribution in [3.8, 4) is 5.88 Å². The van der Waals surface area contributed by atoms with Crippen molar-refractivity contribution >= 4 is 21.9 Å². The smallest absolute Gasteiger partial charge is 0.232 e. The molecule has 18 heavy (non-hydrogen) atoms. The number of nitrogens with zero attached hydrogens (tertiary/aromatic N) is 3. The van der Waals surface area contributed by atoms with Crippen LogP contribution in [-0.4, -0.2) is 43.8 Å². The predicted octanol–water partition coefficient (Wildman–Crippen LogP) is 1.93. The molecule has 1 rings (SSSR count). The number of hydrogen-bond donors (Lipinski definition) is 1. The molecule has 0 bridgehead atoms. The second-order valence-corrected chi connectivity index (χ2v) is 5.40. The Balaban J connectivity index is 2.48. The standard InChI is InChI=1S/C12H21BrN4O/c1-9(2)7-14-5-6-17(3)12-15-8-10(13)11(16-12)18-4/h8-9,14H,5-7H2,1-4H3. The third-order valence-corrected chi connectivity index (χ3v) is 2.95. The van der Waals surface area contributed by atoms with Gasteiger partial charge in [-0.15, -0.1) is 0 Å². The topological polar surface area (TPSA) is 50.3 Å². The quantitative estimate of drug-likeness (QED) is 0.779. The lowest BCUT2D eigenvalue weighted by Gasteiger charge is -2.18. The lowest BCUT2D eigenvalue weighted by Crippen LogP contribution is -2.32. The van der Waals surface area contributed by atoms with Crippen molar-refractivity contribution < 1.29 is 4.74 Å². The molecule has 0 aliphatic heterocycles. The Labute approximate surface area is 117 Å². The molecule has 0 spiro atoms. The van der Waals surface area contributed by atoms with E-state index in [1.807, 2.05) is 11.9 Å². The zero-order valence-corrected chi connectivity index (χ0v) is 13.0. The van der Waals surface area contributed by atoms with Crippen molar-refractivity contribution in [2.24, 2.45) is 5.92 Å². The van der Waals surface area contributed by atoms with Crippen LogP contribution in [0.1, 0.15) is 13.8 Å². The molecule has 1 aromatic rings. The fourth-order valence-corrected chi connectivity index (χ4v) is 1.76. The molecule has 6 heteroatoms. The highest BCUT2D eigenvalue weighted by Gasteiger charge is 2.08. The maximum atomic E-state index is 5.15. The summed E-state index contributed by atoms with van der Waals surface area (Å²) < 4.78 is 5.92. The van der Waals surface area contributed by atoms with Gasteiger partial charge in [0.2, 0.25) is 11.8 Å². The zero-order chi connectivity index (χ0) is 13.5. The van der Waals surface area contributed by atoms with E-state index in [0.29, 0.717) is 17.7 Å². The highest BCUT2D eigenvalue weighted by molar-refractivity contribution is 9.10. The largest absolute Gasteiger partial charge is 0.480 e. The van der Waals surface area contributed by atoms with Crippen LogP contribution in [0.25, 0.3) is 0 Å². The van der Waals surface area contributed by atoms with E-state index in [1.165, 1.54) is 0 Å². The van der Waals surface area contributed by atoms with Gasteiger partial charge in [0, 0.05) is 20.1 Å². The van der Waals surface area contributed by atoms with Gasteiger partial charge in [-0.3, -0.25) is 0 Å². The number of hydrogen-bond acceptors (Lipinski definition) is 5. The normalized spacial score (nSPS) is 10.8. The summed E-state index contributed by atoms with van der Waals surface area (Å²) in [5, 5.41) is 3.39. The minimum Gasteiger partial charge on any atom is -0.480 e. The fraction of sp³-hybridized carbons (Fsp3) is 0.667. The molecule has 0 fully saturated rings. The Morgan fingerprint density at radius 2 is 2.22 bits per heavy atom. The van der Waals surface area contributed by atoms with E-state index in [1.54, 1.807) is 13.3 Å². The van der Waals surface area contributed by atoms with E-state index in [2.05, 4.69) is 45.1 Å². The van der Waals surface area contributed by atoms with E-state index in [0.717, 1.165) is 24.1 Å². The molecule has 102 valence electrons. The monoisotopic (exact) mass is 316 g/mol. The molecule has 5 nitrogen and oxygen atoms in total. The Hall–Kier alpha value is -0.880. The van der Waals surface area contributed by atoms with Crippen molar-refractivity contribution in [1.82, 2.24) is 15.3 Å². The molecule has 0 unspecified atom stereocenters. The first-order valence-electron chi connectivity index (χ1n) is 6.03. The Morgan fingerprint density at radius 1 is 1.50 bits per heavy atom. The number of anilines is 1. The summed E-state index contributed by atoms with van der Waals surface area (Å²) in [4.78, 5) is 10.6. The molecule has 1 N–H and O–H groups in total. The van der Waals surface area contributed by atoms with Crippen LogP contribution in [0.15, 0.2) is 10.7 Å². The van der Waals surface area contributed by atoms with Crippen LogP contribution < -0.4 is 15.0 Å². The van der Waals surface area contributed by atoms with Gasteiger partial charge in [-0.05, 0) is 28.4 Å². The Kier molecular flexibility index (Phi) is 6.35. The van der Waals surface area contributed by atoms with E-state index in [-0.39, 0.29) is 0 Å². The highest BCUT2D eigenvalue weighted by Crippen LogP contribution is 2.22. The van der Waals surface area contributed by atoms with Gasteiger partial charge >= 0.3 is 0 Å². The van der Waals surface area contributed by atoms with E-state index in [9.17, 15) is 0 Å². The molecule has 0 saturated carbocycles. The first-order chi connectivity index (χ1) is 8.54. The molecular formula is C12H21BrN4O. The molecule has 0 aromatic carbocycles. The SMILES string of the molecule is COc1nc(N(C)CCNCC(C)C)ncc1Br. The number of aromatic nitrogens is 2. The Bertz CT molecular complexity index is 373. The first-order valence-corrected chi connectivity index (χ1v) is 6.82. The third kappa shape index (κ3) is 4.78. The minimum atomic E-state index is 0.557. The number of nitrogens with one attached hydrogen (secondary N) is 1. The van der Waals surface area contributed by atoms with Crippen LogP contribution in [-0.2, 0) is 0 Å². The number of likely N-dealkylation sites (N-methyl/N-ethyl adjacent to an activating group) is 1. The first kappa shape index (κ1) is 15.2. The summed E-state index contributed by atoms with van der Waals surface area (Å²) in [5.41, 5.74) is 0. The summed E-state index contributed by atoms with van der Waals surface area (Å²) in [6, 6.07) is 0. The molecule has 1 heterocycles. The van der Waals surface area contributed by atoms with Crippen molar-refractivity contribution in [1.29, 1.82) is 0 Å². The second-order valence-electron chi connectivity index (χ2n) is 4.55. The average Bonchev–Trinajstić information content (AvgIpc) is 2.34. The molecule has 1 aromatic heterocycles. The van der Waals surface area contributed by atoms with Gasteiger partial charge in [0.1, 0.15) is 0 Å². The van der Waals surface area contributed by atoms with Gasteiger partial charge in [0.25, 0.3) is 0 Å². The van der Waals surface area contributed by atoms with Crippen LogP contribution in [0, 0.1) is 5.92 Å². The molecule has 0 saturated heterocycles. The van der Waals surface area contributed by atoms with Crippen molar-refractivity contribution in [3.05, 3.63) is 10.7 Å². The molecule has 0 radical (unpaired) electrons. The van der Waals surface area contributed by atoms with E-state index in [4.69, 9.17) is 4.74 Å². The maximum absolute atomic E-state index is 5.15.